The molecule has 0 saturated carbocycles. The van der Waals surface area contributed by atoms with Crippen molar-refractivity contribution in [3.05, 3.63) is 28.8 Å². The summed E-state index contributed by atoms with van der Waals surface area (Å²) in [6.07, 6.45) is 5.38. The average molecular weight is 208 g/mol. The lowest BCUT2D eigenvalue weighted by molar-refractivity contribution is 0.741. The molecule has 1 rings (SSSR count). The number of terminal acetylenes is 1. The van der Waals surface area contributed by atoms with E-state index in [-0.39, 0.29) is 5.54 Å². The molecule has 0 saturated heterocycles. The van der Waals surface area contributed by atoms with Gasteiger partial charge in [0.05, 0.1) is 5.54 Å². The fraction of sp³-hybridized carbons (Fsp3) is 0.333. The van der Waals surface area contributed by atoms with Crippen molar-refractivity contribution in [2.75, 3.05) is 5.32 Å². The molecule has 0 spiro atoms. The molecule has 0 aliphatic rings. The molecular formula is C12H14ClN. The summed E-state index contributed by atoms with van der Waals surface area (Å²) in [5.41, 5.74) is 1.66. The van der Waals surface area contributed by atoms with Crippen molar-refractivity contribution >= 4 is 17.3 Å². The van der Waals surface area contributed by atoms with Crippen LogP contribution in [0, 0.1) is 19.3 Å². The fourth-order valence-corrected chi connectivity index (χ4v) is 1.25. The Balaban J connectivity index is 2.90. The van der Waals surface area contributed by atoms with E-state index in [1.165, 1.54) is 0 Å². The number of nitrogens with one attached hydrogen (secondary N) is 1. The van der Waals surface area contributed by atoms with E-state index < -0.39 is 0 Å². The highest BCUT2D eigenvalue weighted by atomic mass is 35.5. The summed E-state index contributed by atoms with van der Waals surface area (Å²) in [4.78, 5) is 0. The summed E-state index contributed by atoms with van der Waals surface area (Å²) in [5, 5.41) is 3.97. The van der Waals surface area contributed by atoms with E-state index in [0.29, 0.717) is 0 Å². The van der Waals surface area contributed by atoms with Crippen molar-refractivity contribution in [1.29, 1.82) is 0 Å². The predicted molar refractivity (Wildman–Crippen MR) is 62.7 cm³/mol. The minimum Gasteiger partial charge on any atom is -0.369 e. The van der Waals surface area contributed by atoms with Crippen molar-refractivity contribution in [3.8, 4) is 12.3 Å². The molecular weight excluding hydrogens is 194 g/mol. The number of anilines is 1. The highest BCUT2D eigenvalue weighted by Gasteiger charge is 2.12. The quantitative estimate of drug-likeness (QED) is 0.733. The second-order valence-corrected chi connectivity index (χ2v) is 4.27. The summed E-state index contributed by atoms with van der Waals surface area (Å²) in [6, 6.07) is 5.83. The lowest BCUT2D eigenvalue weighted by Gasteiger charge is -2.21. The highest BCUT2D eigenvalue weighted by molar-refractivity contribution is 6.31. The zero-order valence-corrected chi connectivity index (χ0v) is 9.44. The maximum Gasteiger partial charge on any atom is 0.0927 e. The third-order valence-corrected chi connectivity index (χ3v) is 2.40. The first-order valence-corrected chi connectivity index (χ1v) is 4.84. The monoisotopic (exact) mass is 207 g/mol. The SMILES string of the molecule is C#CC(C)(C)Nc1ccc(C)c(Cl)c1. The Kier molecular flexibility index (Phi) is 3.08. The number of halogens is 1. The van der Waals surface area contributed by atoms with Crippen LogP contribution >= 0.6 is 11.6 Å². The smallest absolute Gasteiger partial charge is 0.0927 e. The molecule has 0 aliphatic heterocycles. The number of aryl methyl sites for hydroxylation is 1. The lowest BCUT2D eigenvalue weighted by atomic mass is 10.1. The molecule has 1 nitrogen and oxygen atoms in total. The molecule has 2 heteroatoms. The van der Waals surface area contributed by atoms with Crippen LogP contribution in [0.1, 0.15) is 19.4 Å². The van der Waals surface area contributed by atoms with Gasteiger partial charge in [-0.15, -0.1) is 6.42 Å². The predicted octanol–water partition coefficient (Wildman–Crippen LogP) is 3.47. The van der Waals surface area contributed by atoms with Gasteiger partial charge in [0.2, 0.25) is 0 Å². The van der Waals surface area contributed by atoms with E-state index in [9.17, 15) is 0 Å². The molecule has 0 amide bonds. The largest absolute Gasteiger partial charge is 0.369 e. The third kappa shape index (κ3) is 2.68. The third-order valence-electron chi connectivity index (χ3n) is 1.99. The van der Waals surface area contributed by atoms with Gasteiger partial charge in [-0.3, -0.25) is 0 Å². The first-order valence-electron chi connectivity index (χ1n) is 4.47. The van der Waals surface area contributed by atoms with E-state index in [4.69, 9.17) is 18.0 Å². The normalized spacial score (nSPS) is 10.8. The van der Waals surface area contributed by atoms with Crippen LogP contribution in [0.3, 0.4) is 0 Å². The Labute approximate surface area is 90.5 Å². The first kappa shape index (κ1) is 10.9. The lowest BCUT2D eigenvalue weighted by Crippen LogP contribution is -2.28. The van der Waals surface area contributed by atoms with Gasteiger partial charge >= 0.3 is 0 Å². The zero-order valence-electron chi connectivity index (χ0n) is 8.69. The second-order valence-electron chi connectivity index (χ2n) is 3.86. The van der Waals surface area contributed by atoms with Crippen molar-refractivity contribution in [1.82, 2.24) is 0 Å². The van der Waals surface area contributed by atoms with Crippen LogP contribution in [0.15, 0.2) is 18.2 Å². The summed E-state index contributed by atoms with van der Waals surface area (Å²) in [6.45, 7) is 5.86. The molecule has 0 aliphatic carbocycles. The Hall–Kier alpha value is -1.13. The molecule has 1 aromatic rings. The topological polar surface area (TPSA) is 12.0 Å². The van der Waals surface area contributed by atoms with E-state index in [1.807, 2.05) is 39.0 Å². The molecule has 0 fully saturated rings. The van der Waals surface area contributed by atoms with Gasteiger partial charge in [0.1, 0.15) is 0 Å². The van der Waals surface area contributed by atoms with Crippen LogP contribution < -0.4 is 5.32 Å². The van der Waals surface area contributed by atoms with Crippen molar-refractivity contribution < 1.29 is 0 Å². The second kappa shape index (κ2) is 3.94. The molecule has 74 valence electrons. The van der Waals surface area contributed by atoms with Gasteiger partial charge in [-0.2, -0.15) is 0 Å². The maximum atomic E-state index is 5.99. The number of rotatable bonds is 2. The van der Waals surface area contributed by atoms with Crippen LogP contribution in [0.5, 0.6) is 0 Å². The van der Waals surface area contributed by atoms with Gasteiger partial charge in [-0.1, -0.05) is 23.6 Å². The summed E-state index contributed by atoms with van der Waals surface area (Å²) in [7, 11) is 0. The van der Waals surface area contributed by atoms with Crippen molar-refractivity contribution in [2.24, 2.45) is 0 Å². The summed E-state index contributed by atoms with van der Waals surface area (Å²) in [5.74, 6) is 2.67. The van der Waals surface area contributed by atoms with Gasteiger partial charge in [0, 0.05) is 10.7 Å². The van der Waals surface area contributed by atoms with Gasteiger partial charge in [0.15, 0.2) is 0 Å². The molecule has 0 atom stereocenters. The van der Waals surface area contributed by atoms with Gasteiger partial charge < -0.3 is 5.32 Å². The number of benzene rings is 1. The molecule has 0 aromatic heterocycles. The molecule has 0 radical (unpaired) electrons. The Morgan fingerprint density at radius 3 is 2.57 bits per heavy atom. The standard InChI is InChI=1S/C12H14ClN/c1-5-12(3,4)14-10-7-6-9(2)11(13)8-10/h1,6-8,14H,2-4H3. The van der Waals surface area contributed by atoms with E-state index in [2.05, 4.69) is 11.2 Å². The van der Waals surface area contributed by atoms with Crippen LogP contribution in [0.25, 0.3) is 0 Å². The maximum absolute atomic E-state index is 5.99. The molecule has 0 heterocycles. The Morgan fingerprint density at radius 1 is 1.43 bits per heavy atom. The minimum atomic E-state index is -0.349. The van der Waals surface area contributed by atoms with Crippen LogP contribution in [0.4, 0.5) is 5.69 Å². The highest BCUT2D eigenvalue weighted by Crippen LogP contribution is 2.22. The fourth-order valence-electron chi connectivity index (χ4n) is 1.07. The van der Waals surface area contributed by atoms with Gasteiger partial charge in [0.25, 0.3) is 0 Å². The van der Waals surface area contributed by atoms with Crippen molar-refractivity contribution in [2.45, 2.75) is 26.3 Å². The van der Waals surface area contributed by atoms with Gasteiger partial charge in [-0.25, -0.2) is 0 Å². The molecule has 0 bridgehead atoms. The summed E-state index contributed by atoms with van der Waals surface area (Å²) >= 11 is 5.99. The van der Waals surface area contributed by atoms with E-state index in [1.54, 1.807) is 0 Å². The molecule has 0 unspecified atom stereocenters. The van der Waals surface area contributed by atoms with Crippen LogP contribution in [0.2, 0.25) is 5.02 Å². The number of hydrogen-bond acceptors (Lipinski definition) is 1. The Morgan fingerprint density at radius 2 is 2.07 bits per heavy atom. The zero-order chi connectivity index (χ0) is 10.8. The minimum absolute atomic E-state index is 0.349. The first-order chi connectivity index (χ1) is 6.44. The van der Waals surface area contributed by atoms with Crippen LogP contribution in [-0.2, 0) is 0 Å². The average Bonchev–Trinajstić information content (AvgIpc) is 2.11. The van der Waals surface area contributed by atoms with Crippen molar-refractivity contribution in [3.63, 3.8) is 0 Å². The molecule has 1 N–H and O–H groups in total. The summed E-state index contributed by atoms with van der Waals surface area (Å²) < 4.78 is 0. The van der Waals surface area contributed by atoms with Gasteiger partial charge in [-0.05, 0) is 38.5 Å². The Bertz CT molecular complexity index is 374. The molecule has 14 heavy (non-hydrogen) atoms. The molecule has 1 aromatic carbocycles. The van der Waals surface area contributed by atoms with E-state index in [0.717, 1.165) is 16.3 Å². The van der Waals surface area contributed by atoms with Crippen LogP contribution in [-0.4, -0.2) is 5.54 Å². The number of hydrogen-bond donors (Lipinski definition) is 1. The van der Waals surface area contributed by atoms with E-state index >= 15 is 0 Å².